The normalized spacial score (nSPS) is 41.4. The molecule has 4 rings (SSSR count). The van der Waals surface area contributed by atoms with Gasteiger partial charge in [0, 0.05) is 52.0 Å². The van der Waals surface area contributed by atoms with Crippen molar-refractivity contribution in [1.82, 2.24) is 4.90 Å². The number of piperidine rings is 1. The largest absolute Gasteiger partial charge is 0.456 e. The average molecular weight is 807 g/mol. The summed E-state index contributed by atoms with van der Waals surface area (Å²) < 4.78 is 45.1. The minimum Gasteiger partial charge on any atom is -0.456 e. The third kappa shape index (κ3) is 11.3. The van der Waals surface area contributed by atoms with Crippen LogP contribution in [0.25, 0.3) is 0 Å². The fourth-order valence-electron chi connectivity index (χ4n) is 9.37. The van der Waals surface area contributed by atoms with Crippen LogP contribution in [-0.4, -0.2) is 126 Å². The van der Waals surface area contributed by atoms with Gasteiger partial charge in [-0.3, -0.25) is 14.4 Å². The molecule has 2 saturated heterocycles. The second-order valence-electron chi connectivity index (χ2n) is 17.2. The van der Waals surface area contributed by atoms with Gasteiger partial charge in [-0.2, -0.15) is 0 Å². The van der Waals surface area contributed by atoms with Crippen LogP contribution in [-0.2, 0) is 42.9 Å². The number of allylic oxidation sites excluding steroid dienone is 4. The summed E-state index contributed by atoms with van der Waals surface area (Å²) in [5, 5.41) is 34.2. The van der Waals surface area contributed by atoms with Gasteiger partial charge in [-0.15, -0.1) is 6.53 Å². The van der Waals surface area contributed by atoms with Gasteiger partial charge in [0.05, 0.1) is 33.3 Å². The highest BCUT2D eigenvalue weighted by Gasteiger charge is 2.56. The molecule has 0 spiro atoms. The number of hydrogen-bond acceptors (Lipinski definition) is 12. The summed E-state index contributed by atoms with van der Waals surface area (Å²) in [5.41, 5.74) is 1.47. The summed E-state index contributed by atoms with van der Waals surface area (Å²) >= 11 is 0. The summed E-state index contributed by atoms with van der Waals surface area (Å²) in [6.07, 6.45) is 3.43. The van der Waals surface area contributed by atoms with Crippen molar-refractivity contribution in [2.24, 2.45) is 29.6 Å². The number of cyclic esters (lactones) is 1. The zero-order chi connectivity index (χ0) is 43.8. The Kier molecular flexibility index (Phi) is 16.1. The van der Waals surface area contributed by atoms with Crippen molar-refractivity contribution in [2.45, 2.75) is 160 Å². The lowest BCUT2D eigenvalue weighted by Gasteiger charge is -2.47. The number of Topliss-reactive ketones (excluding diaryl/α,β-unsaturated/α-hetero) is 2. The highest BCUT2D eigenvalue weighted by atomic mass is 16.7. The number of ketones is 2. The van der Waals surface area contributed by atoms with E-state index in [0.29, 0.717) is 50.5 Å². The molecule has 0 aromatic rings. The molecular formula is C44H69NO12. The molecule has 3 N–H and O–H groups in total. The van der Waals surface area contributed by atoms with E-state index >= 15 is 0 Å². The molecule has 0 aromatic heterocycles. The molecule has 1 aliphatic carbocycles. The quantitative estimate of drug-likeness (QED) is 0.141. The molecule has 0 unspecified atom stereocenters. The standard InChI is InChI=1S/C44H69NO12/c1-10-13-31-19-25(2)18-26(3)20-37(54-8)40-38(55-9)22-28(5)44(52,57-40)41(49)42(50)45-17-12-11-14-32(45)43(51)56-39(29(6)34(47)24-35(31)48)27(4)21-30-15-16-33(46)36(23-30)53-7/h10,19,21,26,28-34,36-40,46-47,52H,1,11-18,20,22-24H2,2-9H3/b25-19+,27-21+/t26-,28+,29+,30-,31+,32-,33+,34-,36+,37-,38-,39+,40+,44+/m0/s1/i1+1D2. The number of amides is 1. The van der Waals surface area contributed by atoms with Crippen LogP contribution in [0.15, 0.2) is 35.9 Å². The first-order valence-corrected chi connectivity index (χ1v) is 20.8. The first-order valence-electron chi connectivity index (χ1n) is 21.8. The number of aliphatic hydroxyl groups is 3. The van der Waals surface area contributed by atoms with Crippen LogP contribution in [0.3, 0.4) is 0 Å². The van der Waals surface area contributed by atoms with E-state index in [4.69, 9.17) is 26.4 Å². The van der Waals surface area contributed by atoms with Gasteiger partial charge < -0.3 is 43.9 Å². The van der Waals surface area contributed by atoms with E-state index in [-0.39, 0.29) is 56.0 Å². The molecular weight excluding hydrogens is 735 g/mol. The van der Waals surface area contributed by atoms with Crippen LogP contribution in [0.4, 0.5) is 0 Å². The summed E-state index contributed by atoms with van der Waals surface area (Å²) in [6, 6.07) is -1.18. The molecule has 14 atom stereocenters. The van der Waals surface area contributed by atoms with Gasteiger partial charge in [-0.25, -0.2) is 4.79 Å². The fraction of sp³-hybridized carbons (Fsp3) is 0.773. The van der Waals surface area contributed by atoms with Gasteiger partial charge in [0.25, 0.3) is 11.7 Å². The van der Waals surface area contributed by atoms with Gasteiger partial charge in [0.1, 0.15) is 24.0 Å². The Morgan fingerprint density at radius 3 is 2.32 bits per heavy atom. The van der Waals surface area contributed by atoms with Gasteiger partial charge in [-0.1, -0.05) is 44.6 Å². The molecule has 13 nitrogen and oxygen atoms in total. The van der Waals surface area contributed by atoms with Crippen molar-refractivity contribution in [2.75, 3.05) is 27.9 Å². The van der Waals surface area contributed by atoms with Crippen LogP contribution in [0, 0.1) is 29.6 Å². The number of carbonyl (C=O) groups is 4. The van der Waals surface area contributed by atoms with Crippen LogP contribution < -0.4 is 0 Å². The van der Waals surface area contributed by atoms with Crippen molar-refractivity contribution in [1.29, 1.82) is 0 Å². The Balaban J connectivity index is 1.80. The first kappa shape index (κ1) is 43.8. The molecule has 4 aliphatic rings. The number of ether oxygens (including phenoxy) is 5. The number of fused-ring (bicyclic) bond motifs is 3. The van der Waals surface area contributed by atoms with E-state index in [1.807, 2.05) is 26.0 Å². The Hall–Kier alpha value is -2.78. The predicted octanol–water partition coefficient (Wildman–Crippen LogP) is 4.64. The Morgan fingerprint density at radius 2 is 1.65 bits per heavy atom. The van der Waals surface area contributed by atoms with Crippen molar-refractivity contribution in [3.63, 3.8) is 0 Å². The third-order valence-electron chi connectivity index (χ3n) is 12.8. The van der Waals surface area contributed by atoms with Crippen LogP contribution >= 0.6 is 0 Å². The topological polar surface area (TPSA) is 178 Å². The van der Waals surface area contributed by atoms with E-state index in [1.165, 1.54) is 20.3 Å². The lowest BCUT2D eigenvalue weighted by atomic mass is 9.81. The zero-order valence-corrected chi connectivity index (χ0v) is 35.2. The fourth-order valence-corrected chi connectivity index (χ4v) is 9.37. The van der Waals surface area contributed by atoms with Crippen molar-refractivity contribution in [3.05, 3.63) is 35.9 Å². The molecule has 0 radical (unpaired) electrons. The summed E-state index contributed by atoms with van der Waals surface area (Å²) in [4.78, 5) is 58.0. The van der Waals surface area contributed by atoms with E-state index in [2.05, 4.69) is 0 Å². The average Bonchev–Trinajstić information content (AvgIpc) is 3.20. The maximum Gasteiger partial charge on any atom is 0.329 e. The molecule has 0 aromatic carbocycles. The molecule has 57 heavy (non-hydrogen) atoms. The molecule has 3 fully saturated rings. The number of carbonyl (C=O) groups excluding carboxylic acids is 4. The number of esters is 1. The highest BCUT2D eigenvalue weighted by Crippen LogP contribution is 2.39. The van der Waals surface area contributed by atoms with E-state index in [9.17, 15) is 34.5 Å². The van der Waals surface area contributed by atoms with Crippen molar-refractivity contribution < 1.29 is 60.9 Å². The molecule has 3 aliphatic heterocycles. The van der Waals surface area contributed by atoms with Crippen LogP contribution in [0.2, 0.25) is 0 Å². The minimum atomic E-state index is -2.54. The maximum absolute atomic E-state index is 14.3. The lowest BCUT2D eigenvalue weighted by Crippen LogP contribution is -2.64. The summed E-state index contributed by atoms with van der Waals surface area (Å²) in [6.45, 7) is 8.59. The number of hydrogen-bond donors (Lipinski definition) is 3. The van der Waals surface area contributed by atoms with Crippen molar-refractivity contribution >= 4 is 23.4 Å². The number of nitrogens with zero attached hydrogens (tertiary/aromatic N) is 1. The molecule has 3 heterocycles. The molecule has 13 heteroatoms. The Bertz CT molecular complexity index is 1570. The Labute approximate surface area is 342 Å². The van der Waals surface area contributed by atoms with Gasteiger partial charge in [-0.05, 0) is 95.5 Å². The molecule has 1 saturated carbocycles. The smallest absolute Gasteiger partial charge is 0.329 e. The zero-order valence-electron chi connectivity index (χ0n) is 37.2. The van der Waals surface area contributed by atoms with Crippen LogP contribution in [0.1, 0.15) is 108 Å². The molecule has 1 amide bonds. The van der Waals surface area contributed by atoms with Gasteiger partial charge in [0.15, 0.2) is 0 Å². The third-order valence-corrected chi connectivity index (χ3v) is 12.8. The van der Waals surface area contributed by atoms with E-state index in [0.717, 1.165) is 10.5 Å². The first-order chi connectivity index (χ1) is 27.8. The van der Waals surface area contributed by atoms with Crippen LogP contribution in [0.5, 0.6) is 0 Å². The summed E-state index contributed by atoms with van der Waals surface area (Å²) in [5.74, 6) is -8.41. The van der Waals surface area contributed by atoms with E-state index < -0.39 is 90.4 Å². The van der Waals surface area contributed by atoms with Crippen molar-refractivity contribution in [3.8, 4) is 0 Å². The SMILES string of the molecule is [2H][13C]([2H])=CC[C@@H]1/C=C(\C)C[C@H](C)C[C@H](OC)[C@H]2O[C@@](O)(C(=O)C(=O)N3CCCC[C@H]3C(=O)O[C@H](/C(C)=C/[C@@H]3CC[C@@H](O)[C@H](OC)C3)[C@H](C)[C@@H](O)CC1=O)[C@H](C)C[C@@H]2OC. The summed E-state index contributed by atoms with van der Waals surface area (Å²) in [7, 11) is 4.55. The maximum atomic E-state index is 14.3. The second kappa shape index (κ2) is 21.0. The minimum absolute atomic E-state index is 0.0448. The van der Waals surface area contributed by atoms with E-state index in [1.54, 1.807) is 27.9 Å². The van der Waals surface area contributed by atoms with Gasteiger partial charge >= 0.3 is 5.97 Å². The highest BCUT2D eigenvalue weighted by molar-refractivity contribution is 6.39. The number of aliphatic hydroxyl groups excluding tert-OH is 2. The Morgan fingerprint density at radius 1 is 0.965 bits per heavy atom. The number of methoxy groups -OCH3 is 3. The molecule has 322 valence electrons. The van der Waals surface area contributed by atoms with Gasteiger partial charge in [0.2, 0.25) is 5.79 Å². The number of rotatable bonds is 7. The molecule has 2 bridgehead atoms. The monoisotopic (exact) mass is 806 g/mol. The lowest BCUT2D eigenvalue weighted by molar-refractivity contribution is -0.302. The predicted molar refractivity (Wildman–Crippen MR) is 213 cm³/mol. The second-order valence-corrected chi connectivity index (χ2v) is 17.2.